The van der Waals surface area contributed by atoms with Crippen molar-refractivity contribution < 1.29 is 32.8 Å². The van der Waals surface area contributed by atoms with Gasteiger partial charge in [-0.1, -0.05) is 30.3 Å². The second-order valence-corrected chi connectivity index (χ2v) is 11.3. The normalized spacial score (nSPS) is 14.0. The summed E-state index contributed by atoms with van der Waals surface area (Å²) in [7, 11) is 0. The fraction of sp³-hybridized carbons (Fsp3) is 0.267. The average molecular weight is 669 g/mol. The number of piperazine rings is 1. The molecule has 1 fully saturated rings. The number of amides is 1. The Labute approximate surface area is 270 Å². The largest absolute Gasteiger partial charge is 0.480 e. The first-order valence-electron chi connectivity index (χ1n) is 14.2. The lowest BCUT2D eigenvalue weighted by Crippen LogP contribution is -2.47. The second-order valence-electron chi connectivity index (χ2n) is 10.3. The van der Waals surface area contributed by atoms with Gasteiger partial charge >= 0.3 is 12.1 Å². The number of hydrogen-bond donors (Lipinski definition) is 2. The first-order valence-corrected chi connectivity index (χ1v) is 15.3. The van der Waals surface area contributed by atoms with Crippen molar-refractivity contribution in [2.24, 2.45) is 0 Å². The molecule has 1 amide bonds. The van der Waals surface area contributed by atoms with E-state index in [2.05, 4.69) is 25.3 Å². The van der Waals surface area contributed by atoms with Crippen molar-refractivity contribution in [3.05, 3.63) is 100.0 Å². The van der Waals surface area contributed by atoms with Crippen LogP contribution in [0.15, 0.2) is 72.9 Å². The van der Waals surface area contributed by atoms with Crippen molar-refractivity contribution in [1.82, 2.24) is 25.3 Å². The van der Waals surface area contributed by atoms with Gasteiger partial charge in [0.15, 0.2) is 5.82 Å². The van der Waals surface area contributed by atoms with Gasteiger partial charge in [-0.05, 0) is 23.8 Å². The molecule has 1 saturated heterocycles. The van der Waals surface area contributed by atoms with Crippen molar-refractivity contribution in [2.75, 3.05) is 41.7 Å². The van der Waals surface area contributed by atoms with E-state index in [1.54, 1.807) is 9.80 Å². The van der Waals surface area contributed by atoms with Crippen molar-refractivity contribution >= 4 is 41.1 Å². The van der Waals surface area contributed by atoms with Crippen LogP contribution in [0.2, 0.25) is 0 Å². The molecule has 0 aliphatic carbocycles. The molecule has 17 heteroatoms. The van der Waals surface area contributed by atoms with Crippen LogP contribution < -0.4 is 15.1 Å². The van der Waals surface area contributed by atoms with Crippen LogP contribution in [-0.4, -0.2) is 79.8 Å². The van der Waals surface area contributed by atoms with Crippen molar-refractivity contribution in [1.29, 1.82) is 0 Å². The Kier molecular flexibility index (Phi) is 10.1. The van der Waals surface area contributed by atoms with Gasteiger partial charge in [-0.3, -0.25) is 14.9 Å². The minimum Gasteiger partial charge on any atom is -0.480 e. The van der Waals surface area contributed by atoms with E-state index in [1.807, 2.05) is 30.3 Å². The van der Waals surface area contributed by atoms with Crippen LogP contribution in [0.25, 0.3) is 11.4 Å². The highest BCUT2D eigenvalue weighted by molar-refractivity contribution is 7.98. The molecule has 13 nitrogen and oxygen atoms in total. The van der Waals surface area contributed by atoms with Gasteiger partial charge in [0.25, 0.3) is 11.6 Å². The number of carbonyl (C=O) groups is 2. The van der Waals surface area contributed by atoms with E-state index < -0.39 is 34.7 Å². The van der Waals surface area contributed by atoms with E-state index in [-0.39, 0.29) is 55.1 Å². The fourth-order valence-electron chi connectivity index (χ4n) is 4.64. The topological polar surface area (TPSA) is 168 Å². The van der Waals surface area contributed by atoms with Crippen LogP contribution in [0.5, 0.6) is 0 Å². The van der Waals surface area contributed by atoms with Gasteiger partial charge < -0.3 is 20.2 Å². The van der Waals surface area contributed by atoms with E-state index in [1.165, 1.54) is 42.1 Å². The number of thioether (sulfide) groups is 1. The maximum atomic E-state index is 13.4. The number of alkyl halides is 3. The molecule has 2 N–H and O–H groups in total. The predicted molar refractivity (Wildman–Crippen MR) is 167 cm³/mol. The zero-order chi connectivity index (χ0) is 33.6. The highest BCUT2D eigenvalue weighted by atomic mass is 32.2. The quantitative estimate of drug-likeness (QED) is 0.172. The summed E-state index contributed by atoms with van der Waals surface area (Å²) in [5.41, 5.74) is 0.0261. The molecule has 0 spiro atoms. The number of rotatable bonds is 11. The number of carbonyl (C=O) groups excluding carboxylic acids is 1. The lowest BCUT2D eigenvalue weighted by atomic mass is 10.2. The summed E-state index contributed by atoms with van der Waals surface area (Å²) in [6, 6.07) is 15.8. The Hall–Kier alpha value is -5.32. The zero-order valence-corrected chi connectivity index (χ0v) is 25.3. The van der Waals surface area contributed by atoms with E-state index in [9.17, 15) is 38.0 Å². The van der Waals surface area contributed by atoms with E-state index in [0.29, 0.717) is 17.1 Å². The number of nitrogens with one attached hydrogen (secondary N) is 1. The Morgan fingerprint density at radius 2 is 1.66 bits per heavy atom. The lowest BCUT2D eigenvalue weighted by molar-refractivity contribution is -0.384. The molecule has 1 aliphatic heterocycles. The van der Waals surface area contributed by atoms with Gasteiger partial charge in [0.1, 0.15) is 23.2 Å². The summed E-state index contributed by atoms with van der Waals surface area (Å²) in [5, 5.41) is 23.5. The summed E-state index contributed by atoms with van der Waals surface area (Å²) in [6.07, 6.45) is -3.57. The molecule has 1 unspecified atom stereocenters. The standard InChI is InChI=1S/C30H27F3N8O5S/c31-30(32,33)24-10-11-34-29(37-24)40-14-12-39(13-15-40)25-16-22(35-26(38-25)20-6-8-21(9-7-20)41(45)46)27(42)36-23(28(43)44)18-47-17-19-4-2-1-3-5-19/h1-11,16,23H,12-15,17-18H2,(H,36,42)(H,43,44). The van der Waals surface area contributed by atoms with Gasteiger partial charge in [0.2, 0.25) is 5.95 Å². The average Bonchev–Trinajstić information content (AvgIpc) is 3.07. The third kappa shape index (κ3) is 8.49. The maximum absolute atomic E-state index is 13.4. The van der Waals surface area contributed by atoms with Crippen molar-refractivity contribution in [2.45, 2.75) is 18.0 Å². The molecule has 5 rings (SSSR count). The number of carboxylic acids is 1. The Balaban J connectivity index is 1.36. The van der Waals surface area contributed by atoms with Crippen LogP contribution in [0.4, 0.5) is 30.6 Å². The molecule has 244 valence electrons. The van der Waals surface area contributed by atoms with Gasteiger partial charge in [-0.25, -0.2) is 24.7 Å². The molecular formula is C30H27F3N8O5S. The summed E-state index contributed by atoms with van der Waals surface area (Å²) in [6.45, 7) is 1.01. The number of hydrogen-bond acceptors (Lipinski definition) is 11. The van der Waals surface area contributed by atoms with Crippen molar-refractivity contribution in [3.8, 4) is 11.4 Å². The van der Waals surface area contributed by atoms with Crippen LogP contribution in [0, 0.1) is 10.1 Å². The monoisotopic (exact) mass is 668 g/mol. The molecule has 4 aromatic rings. The Bertz CT molecular complexity index is 1740. The highest BCUT2D eigenvalue weighted by Crippen LogP contribution is 2.29. The SMILES string of the molecule is O=C(NC(CSCc1ccccc1)C(=O)O)c1cc(N2CCN(c3nccc(C(F)(F)F)n3)CC2)nc(-c2ccc([N+](=O)[O-])cc2)n1. The summed E-state index contributed by atoms with van der Waals surface area (Å²) >= 11 is 1.34. The first kappa shape index (κ1) is 33.1. The van der Waals surface area contributed by atoms with Crippen LogP contribution in [0.1, 0.15) is 21.7 Å². The number of nitrogens with zero attached hydrogens (tertiary/aromatic N) is 7. The van der Waals surface area contributed by atoms with Gasteiger partial charge in [0.05, 0.1) is 4.92 Å². The second kappa shape index (κ2) is 14.4. The molecule has 2 aromatic heterocycles. The smallest absolute Gasteiger partial charge is 0.433 e. The summed E-state index contributed by atoms with van der Waals surface area (Å²) < 4.78 is 39.6. The van der Waals surface area contributed by atoms with Gasteiger partial charge in [-0.15, -0.1) is 0 Å². The lowest BCUT2D eigenvalue weighted by Gasteiger charge is -2.35. The number of nitro benzene ring substituents is 1. The third-order valence-corrected chi connectivity index (χ3v) is 8.21. The number of aliphatic carboxylic acids is 1. The number of aromatic nitrogens is 4. The Morgan fingerprint density at radius 1 is 0.979 bits per heavy atom. The van der Waals surface area contributed by atoms with E-state index in [0.717, 1.165) is 17.8 Å². The Morgan fingerprint density at radius 3 is 2.30 bits per heavy atom. The van der Waals surface area contributed by atoms with Gasteiger partial charge in [0, 0.05) is 67.6 Å². The zero-order valence-electron chi connectivity index (χ0n) is 24.5. The maximum Gasteiger partial charge on any atom is 0.433 e. The van der Waals surface area contributed by atoms with E-state index in [4.69, 9.17) is 0 Å². The van der Waals surface area contributed by atoms with Crippen LogP contribution in [-0.2, 0) is 16.7 Å². The molecule has 1 atom stereocenters. The minimum absolute atomic E-state index is 0.0662. The molecule has 0 radical (unpaired) electrons. The van der Waals surface area contributed by atoms with Crippen molar-refractivity contribution in [3.63, 3.8) is 0 Å². The number of benzene rings is 2. The molecule has 3 heterocycles. The number of non-ortho nitro benzene ring substituents is 1. The van der Waals surface area contributed by atoms with Crippen LogP contribution in [0.3, 0.4) is 0 Å². The number of nitro groups is 1. The summed E-state index contributed by atoms with van der Waals surface area (Å²) in [4.78, 5) is 56.0. The number of carboxylic acid groups (broad SMARTS) is 1. The third-order valence-electron chi connectivity index (χ3n) is 7.10. The molecule has 1 aliphatic rings. The van der Waals surface area contributed by atoms with Crippen LogP contribution >= 0.6 is 11.8 Å². The first-order chi connectivity index (χ1) is 22.5. The molecule has 47 heavy (non-hydrogen) atoms. The highest BCUT2D eigenvalue weighted by Gasteiger charge is 2.34. The fourth-order valence-corrected chi connectivity index (χ4v) is 5.65. The number of anilines is 2. The van der Waals surface area contributed by atoms with E-state index >= 15 is 0 Å². The molecule has 2 aromatic carbocycles. The number of halogens is 3. The molecule has 0 bridgehead atoms. The predicted octanol–water partition coefficient (Wildman–Crippen LogP) is 4.30. The minimum atomic E-state index is -4.62. The summed E-state index contributed by atoms with van der Waals surface area (Å²) in [5.74, 6) is -1.07. The molecular weight excluding hydrogens is 641 g/mol. The van der Waals surface area contributed by atoms with Gasteiger partial charge in [-0.2, -0.15) is 24.9 Å². The molecule has 0 saturated carbocycles.